The van der Waals surface area contributed by atoms with Crippen molar-refractivity contribution >= 4 is 5.97 Å². The van der Waals surface area contributed by atoms with E-state index in [-0.39, 0.29) is 12.0 Å². The van der Waals surface area contributed by atoms with Gasteiger partial charge in [-0.25, -0.2) is 0 Å². The third kappa shape index (κ3) is 7.00. The number of ether oxygens (including phenoxy) is 1. The monoisotopic (exact) mass is 257 g/mol. The Morgan fingerprint density at radius 1 is 1.11 bits per heavy atom. The number of hydrogen-bond donors (Lipinski definition) is 0. The number of carbonyl (C=O) groups is 1. The van der Waals surface area contributed by atoms with E-state index in [2.05, 4.69) is 39.5 Å². The lowest BCUT2D eigenvalue weighted by Gasteiger charge is -2.32. The van der Waals surface area contributed by atoms with Gasteiger partial charge in [-0.2, -0.15) is 0 Å². The van der Waals surface area contributed by atoms with Gasteiger partial charge >= 0.3 is 5.97 Å². The maximum Gasteiger partial charge on any atom is 0.323 e. The lowest BCUT2D eigenvalue weighted by atomic mass is 10.0. The van der Waals surface area contributed by atoms with Gasteiger partial charge in [0.1, 0.15) is 6.04 Å². The van der Waals surface area contributed by atoms with Crippen molar-refractivity contribution in [3.8, 4) is 0 Å². The van der Waals surface area contributed by atoms with Crippen molar-refractivity contribution < 1.29 is 9.53 Å². The summed E-state index contributed by atoms with van der Waals surface area (Å²) in [5, 5.41) is 0. The van der Waals surface area contributed by atoms with Crippen molar-refractivity contribution in [1.29, 1.82) is 0 Å². The molecule has 18 heavy (non-hydrogen) atoms. The van der Waals surface area contributed by atoms with E-state index in [1.54, 1.807) is 0 Å². The highest BCUT2D eigenvalue weighted by Crippen LogP contribution is 2.15. The molecular weight excluding hydrogens is 226 g/mol. The molecule has 1 unspecified atom stereocenters. The van der Waals surface area contributed by atoms with Crippen molar-refractivity contribution in [2.24, 2.45) is 11.8 Å². The van der Waals surface area contributed by atoms with Crippen molar-refractivity contribution in [2.75, 3.05) is 20.2 Å². The predicted octanol–water partition coefficient (Wildman–Crippen LogP) is 3.33. The van der Waals surface area contributed by atoms with Crippen LogP contribution < -0.4 is 0 Å². The lowest BCUT2D eigenvalue weighted by Crippen LogP contribution is -2.45. The van der Waals surface area contributed by atoms with Gasteiger partial charge in [-0.1, -0.05) is 47.5 Å². The Hall–Kier alpha value is -0.570. The minimum absolute atomic E-state index is 0.0697. The molecule has 0 aromatic heterocycles. The number of hydrogen-bond acceptors (Lipinski definition) is 3. The molecule has 0 rings (SSSR count). The molecule has 0 N–H and O–H groups in total. The fourth-order valence-corrected chi connectivity index (χ4v) is 2.25. The summed E-state index contributed by atoms with van der Waals surface area (Å²) in [6.07, 6.45) is 3.10. The molecule has 0 bridgehead atoms. The Morgan fingerprint density at radius 2 is 1.61 bits per heavy atom. The molecule has 0 saturated heterocycles. The zero-order valence-corrected chi connectivity index (χ0v) is 13.0. The Labute approximate surface area is 113 Å². The first kappa shape index (κ1) is 17.4. The zero-order valence-electron chi connectivity index (χ0n) is 13.0. The molecule has 0 spiro atoms. The third-order valence-electron chi connectivity index (χ3n) is 2.94. The van der Waals surface area contributed by atoms with Crippen LogP contribution in [0.3, 0.4) is 0 Å². The van der Waals surface area contributed by atoms with Gasteiger partial charge in [0.05, 0.1) is 7.11 Å². The highest BCUT2D eigenvalue weighted by Gasteiger charge is 2.27. The number of esters is 1. The van der Waals surface area contributed by atoms with Gasteiger partial charge < -0.3 is 4.74 Å². The van der Waals surface area contributed by atoms with Gasteiger partial charge in [-0.05, 0) is 18.3 Å². The molecule has 0 aliphatic carbocycles. The number of rotatable bonds is 9. The highest BCUT2D eigenvalue weighted by molar-refractivity contribution is 5.75. The second-order valence-electron chi connectivity index (χ2n) is 5.92. The van der Waals surface area contributed by atoms with E-state index in [4.69, 9.17) is 4.74 Å². The Balaban J connectivity index is 4.75. The fraction of sp³-hybridized carbons (Fsp3) is 0.933. The molecular formula is C15H31NO2. The molecule has 0 saturated carbocycles. The second-order valence-corrected chi connectivity index (χ2v) is 5.92. The molecule has 0 amide bonds. The number of unbranched alkanes of at least 4 members (excludes halogenated alkanes) is 1. The third-order valence-corrected chi connectivity index (χ3v) is 2.94. The first-order valence-corrected chi connectivity index (χ1v) is 7.24. The zero-order chi connectivity index (χ0) is 14.1. The first-order valence-electron chi connectivity index (χ1n) is 7.24. The Kier molecular flexibility index (Phi) is 9.08. The molecule has 0 fully saturated rings. The van der Waals surface area contributed by atoms with Crippen LogP contribution >= 0.6 is 0 Å². The molecule has 0 heterocycles. The lowest BCUT2D eigenvalue weighted by molar-refractivity contribution is -0.147. The largest absolute Gasteiger partial charge is 0.468 e. The SMILES string of the molecule is CCCCC(C(=O)OC)N(CC(C)C)CC(C)C. The van der Waals surface area contributed by atoms with Crippen LogP contribution in [-0.2, 0) is 9.53 Å². The summed E-state index contributed by atoms with van der Waals surface area (Å²) in [6, 6.07) is -0.0697. The van der Waals surface area contributed by atoms with Gasteiger partial charge in [-0.3, -0.25) is 9.69 Å². The minimum Gasteiger partial charge on any atom is -0.468 e. The van der Waals surface area contributed by atoms with Crippen LogP contribution in [0.4, 0.5) is 0 Å². The van der Waals surface area contributed by atoms with Crippen LogP contribution in [0.15, 0.2) is 0 Å². The van der Waals surface area contributed by atoms with Crippen LogP contribution in [0.2, 0.25) is 0 Å². The number of nitrogens with zero attached hydrogens (tertiary/aromatic N) is 1. The van der Waals surface area contributed by atoms with Crippen molar-refractivity contribution in [1.82, 2.24) is 4.90 Å². The van der Waals surface area contributed by atoms with Gasteiger partial charge in [-0.15, -0.1) is 0 Å². The van der Waals surface area contributed by atoms with E-state index >= 15 is 0 Å². The maximum atomic E-state index is 12.0. The van der Waals surface area contributed by atoms with E-state index in [0.29, 0.717) is 11.8 Å². The number of carbonyl (C=O) groups excluding carboxylic acids is 1. The fourth-order valence-electron chi connectivity index (χ4n) is 2.25. The molecule has 108 valence electrons. The summed E-state index contributed by atoms with van der Waals surface area (Å²) >= 11 is 0. The van der Waals surface area contributed by atoms with Crippen LogP contribution in [0.1, 0.15) is 53.9 Å². The van der Waals surface area contributed by atoms with E-state index in [9.17, 15) is 4.79 Å². The van der Waals surface area contributed by atoms with Gasteiger partial charge in [0.2, 0.25) is 0 Å². The molecule has 0 aromatic rings. The summed E-state index contributed by atoms with van der Waals surface area (Å²) in [5.41, 5.74) is 0. The summed E-state index contributed by atoms with van der Waals surface area (Å²) < 4.78 is 4.97. The Bertz CT molecular complexity index is 217. The van der Waals surface area contributed by atoms with Gasteiger partial charge in [0, 0.05) is 13.1 Å². The van der Waals surface area contributed by atoms with E-state index < -0.39 is 0 Å². The van der Waals surface area contributed by atoms with Crippen LogP contribution in [0.5, 0.6) is 0 Å². The van der Waals surface area contributed by atoms with E-state index in [1.807, 2.05) is 0 Å². The smallest absolute Gasteiger partial charge is 0.323 e. The standard InChI is InChI=1S/C15H31NO2/c1-7-8-9-14(15(17)18-6)16(10-12(2)3)11-13(4)5/h12-14H,7-11H2,1-6H3. The molecule has 0 radical (unpaired) electrons. The maximum absolute atomic E-state index is 12.0. The van der Waals surface area contributed by atoms with E-state index in [1.165, 1.54) is 7.11 Å². The average molecular weight is 257 g/mol. The van der Waals surface area contributed by atoms with Gasteiger partial charge in [0.15, 0.2) is 0 Å². The normalized spacial score (nSPS) is 13.4. The summed E-state index contributed by atoms with van der Waals surface area (Å²) in [7, 11) is 1.49. The van der Waals surface area contributed by atoms with Crippen LogP contribution in [0, 0.1) is 11.8 Å². The topological polar surface area (TPSA) is 29.5 Å². The number of methoxy groups -OCH3 is 1. The van der Waals surface area contributed by atoms with Crippen molar-refractivity contribution in [3.05, 3.63) is 0 Å². The molecule has 0 aliphatic rings. The summed E-state index contributed by atoms with van der Waals surface area (Å²) in [6.45, 7) is 12.9. The molecule has 0 aliphatic heterocycles. The minimum atomic E-state index is -0.0789. The van der Waals surface area contributed by atoms with Gasteiger partial charge in [0.25, 0.3) is 0 Å². The average Bonchev–Trinajstić information content (AvgIpc) is 2.27. The summed E-state index contributed by atoms with van der Waals surface area (Å²) in [5.74, 6) is 1.06. The molecule has 3 nitrogen and oxygen atoms in total. The van der Waals surface area contributed by atoms with Crippen LogP contribution in [0.25, 0.3) is 0 Å². The van der Waals surface area contributed by atoms with Crippen LogP contribution in [-0.4, -0.2) is 37.1 Å². The molecule has 3 heteroatoms. The van der Waals surface area contributed by atoms with Crippen molar-refractivity contribution in [2.45, 2.75) is 59.9 Å². The quantitative estimate of drug-likeness (QED) is 0.593. The highest BCUT2D eigenvalue weighted by atomic mass is 16.5. The molecule has 0 aromatic carbocycles. The second kappa shape index (κ2) is 9.37. The van der Waals surface area contributed by atoms with E-state index in [0.717, 1.165) is 32.4 Å². The van der Waals surface area contributed by atoms with Crippen molar-refractivity contribution in [3.63, 3.8) is 0 Å². The predicted molar refractivity (Wildman–Crippen MR) is 76.6 cm³/mol. The first-order chi connectivity index (χ1) is 8.42. The molecule has 1 atom stereocenters. The summed E-state index contributed by atoms with van der Waals surface area (Å²) in [4.78, 5) is 14.3. The Morgan fingerprint density at radius 3 is 1.94 bits per heavy atom.